The molecule has 0 saturated heterocycles. The molecule has 1 nitrogen and oxygen atoms in total. The van der Waals surface area contributed by atoms with E-state index in [1.165, 1.54) is 0 Å². The van der Waals surface area contributed by atoms with Gasteiger partial charge in [-0.2, -0.15) is 0 Å². The van der Waals surface area contributed by atoms with Gasteiger partial charge in [-0.1, -0.05) is 20.8 Å². The first-order valence-electron chi connectivity index (χ1n) is 3.29. The minimum atomic E-state index is 0.333. The molecule has 0 aliphatic carbocycles. The highest BCUT2D eigenvalue weighted by Crippen LogP contribution is 2.12. The molecular weight excluding hydrogens is 100 g/mol. The zero-order chi connectivity index (χ0) is 6.57. The molecule has 0 aromatic carbocycles. The molecule has 1 unspecified atom stereocenters. The molecule has 0 fully saturated rings. The maximum atomic E-state index is 8.49. The van der Waals surface area contributed by atoms with E-state index >= 15 is 0 Å². The van der Waals surface area contributed by atoms with Crippen molar-refractivity contribution < 1.29 is 5.11 Å². The summed E-state index contributed by atoms with van der Waals surface area (Å²) in [4.78, 5) is 0. The van der Waals surface area contributed by atoms with Crippen LogP contribution in [0.4, 0.5) is 0 Å². The fourth-order valence-electron chi connectivity index (χ4n) is 0.537. The maximum Gasteiger partial charge on any atom is 0.0433 e. The van der Waals surface area contributed by atoms with Crippen LogP contribution in [0.5, 0.6) is 0 Å². The Morgan fingerprint density at radius 2 is 1.75 bits per heavy atom. The van der Waals surface area contributed by atoms with Crippen LogP contribution in [0.25, 0.3) is 0 Å². The number of aliphatic hydroxyl groups is 1. The van der Waals surface area contributed by atoms with Gasteiger partial charge in [0.1, 0.15) is 0 Å². The van der Waals surface area contributed by atoms with Crippen molar-refractivity contribution in [3.05, 3.63) is 0 Å². The van der Waals surface area contributed by atoms with Crippen LogP contribution in [0.1, 0.15) is 27.2 Å². The standard InChI is InChI=1S/C7H16O/c1-6(2)7(3)4-5-8/h6-8H,4-5H2,1-3H3. The minimum Gasteiger partial charge on any atom is -0.396 e. The van der Waals surface area contributed by atoms with Crippen molar-refractivity contribution in [3.8, 4) is 0 Å². The molecule has 0 heterocycles. The SMILES string of the molecule is CC(C)C(C)CCO. The second-order valence-electron chi connectivity index (χ2n) is 2.73. The summed E-state index contributed by atoms with van der Waals surface area (Å²) in [7, 11) is 0. The quantitative estimate of drug-likeness (QED) is 0.594. The normalized spacial score (nSPS) is 14.6. The second kappa shape index (κ2) is 3.90. The lowest BCUT2D eigenvalue weighted by molar-refractivity contribution is 0.241. The molecule has 1 N–H and O–H groups in total. The third kappa shape index (κ3) is 3.03. The van der Waals surface area contributed by atoms with Gasteiger partial charge in [0.25, 0.3) is 0 Å². The number of hydrogen-bond donors (Lipinski definition) is 1. The van der Waals surface area contributed by atoms with Gasteiger partial charge in [-0.3, -0.25) is 0 Å². The van der Waals surface area contributed by atoms with Gasteiger partial charge in [-0.25, -0.2) is 0 Å². The van der Waals surface area contributed by atoms with Crippen LogP contribution in [0, 0.1) is 11.8 Å². The highest BCUT2D eigenvalue weighted by Gasteiger charge is 2.04. The molecule has 0 saturated carbocycles. The average molecular weight is 116 g/mol. The Morgan fingerprint density at radius 3 is 1.88 bits per heavy atom. The van der Waals surface area contributed by atoms with Crippen LogP contribution < -0.4 is 0 Å². The van der Waals surface area contributed by atoms with Crippen LogP contribution in [0.15, 0.2) is 0 Å². The van der Waals surface area contributed by atoms with Crippen molar-refractivity contribution >= 4 is 0 Å². The van der Waals surface area contributed by atoms with E-state index in [0.717, 1.165) is 6.42 Å². The summed E-state index contributed by atoms with van der Waals surface area (Å²) < 4.78 is 0. The molecule has 0 aromatic heterocycles. The summed E-state index contributed by atoms with van der Waals surface area (Å²) in [5.41, 5.74) is 0. The van der Waals surface area contributed by atoms with E-state index in [0.29, 0.717) is 18.4 Å². The fourth-order valence-corrected chi connectivity index (χ4v) is 0.537. The summed E-state index contributed by atoms with van der Waals surface area (Å²) in [6.45, 7) is 6.86. The largest absolute Gasteiger partial charge is 0.396 e. The molecule has 50 valence electrons. The lowest BCUT2D eigenvalue weighted by Crippen LogP contribution is -2.05. The summed E-state index contributed by atoms with van der Waals surface area (Å²) in [5, 5.41) is 8.49. The number of aliphatic hydroxyl groups excluding tert-OH is 1. The molecule has 0 aromatic rings. The van der Waals surface area contributed by atoms with Gasteiger partial charge >= 0.3 is 0 Å². The third-order valence-corrected chi connectivity index (χ3v) is 1.72. The molecule has 1 atom stereocenters. The fraction of sp³-hybridized carbons (Fsp3) is 1.00. The highest BCUT2D eigenvalue weighted by molar-refractivity contribution is 4.54. The monoisotopic (exact) mass is 116 g/mol. The molecule has 0 aliphatic heterocycles. The van der Waals surface area contributed by atoms with E-state index in [9.17, 15) is 0 Å². The highest BCUT2D eigenvalue weighted by atomic mass is 16.3. The number of hydrogen-bond acceptors (Lipinski definition) is 1. The first-order valence-corrected chi connectivity index (χ1v) is 3.29. The lowest BCUT2D eigenvalue weighted by atomic mass is 9.95. The maximum absolute atomic E-state index is 8.49. The predicted molar refractivity (Wildman–Crippen MR) is 35.7 cm³/mol. The first-order chi connectivity index (χ1) is 3.68. The van der Waals surface area contributed by atoms with Crippen molar-refractivity contribution in [3.63, 3.8) is 0 Å². The van der Waals surface area contributed by atoms with Crippen LogP contribution in [-0.4, -0.2) is 11.7 Å². The van der Waals surface area contributed by atoms with Crippen LogP contribution in [0.2, 0.25) is 0 Å². The van der Waals surface area contributed by atoms with E-state index in [2.05, 4.69) is 20.8 Å². The molecular formula is C7H16O. The lowest BCUT2D eigenvalue weighted by Gasteiger charge is -2.12. The van der Waals surface area contributed by atoms with E-state index in [4.69, 9.17) is 5.11 Å². The van der Waals surface area contributed by atoms with E-state index in [1.54, 1.807) is 0 Å². The second-order valence-corrected chi connectivity index (χ2v) is 2.73. The molecule has 0 amide bonds. The Bertz CT molecular complexity index is 50.3. The molecule has 0 rings (SSSR count). The summed E-state index contributed by atoms with van der Waals surface area (Å²) in [6, 6.07) is 0. The third-order valence-electron chi connectivity index (χ3n) is 1.72. The van der Waals surface area contributed by atoms with Gasteiger partial charge in [0.2, 0.25) is 0 Å². The molecule has 8 heavy (non-hydrogen) atoms. The van der Waals surface area contributed by atoms with Gasteiger partial charge in [0.05, 0.1) is 0 Å². The Kier molecular flexibility index (Phi) is 3.88. The smallest absolute Gasteiger partial charge is 0.0433 e. The van der Waals surface area contributed by atoms with Crippen molar-refractivity contribution in [2.45, 2.75) is 27.2 Å². The average Bonchev–Trinajstić information content (AvgIpc) is 1.67. The van der Waals surface area contributed by atoms with E-state index in [1.807, 2.05) is 0 Å². The summed E-state index contributed by atoms with van der Waals surface area (Å²) >= 11 is 0. The van der Waals surface area contributed by atoms with Crippen molar-refractivity contribution in [2.24, 2.45) is 11.8 Å². The van der Waals surface area contributed by atoms with Crippen LogP contribution in [0.3, 0.4) is 0 Å². The molecule has 0 bridgehead atoms. The molecule has 0 radical (unpaired) electrons. The zero-order valence-electron chi connectivity index (χ0n) is 6.02. The Labute approximate surface area is 51.7 Å². The molecule has 0 spiro atoms. The Balaban J connectivity index is 3.17. The zero-order valence-corrected chi connectivity index (χ0v) is 6.02. The van der Waals surface area contributed by atoms with E-state index < -0.39 is 0 Å². The molecule has 0 aliphatic rings. The topological polar surface area (TPSA) is 20.2 Å². The van der Waals surface area contributed by atoms with Gasteiger partial charge < -0.3 is 5.11 Å². The number of rotatable bonds is 3. The van der Waals surface area contributed by atoms with Crippen molar-refractivity contribution in [1.82, 2.24) is 0 Å². The van der Waals surface area contributed by atoms with Gasteiger partial charge in [-0.05, 0) is 18.3 Å². The Morgan fingerprint density at radius 1 is 1.25 bits per heavy atom. The van der Waals surface area contributed by atoms with Crippen molar-refractivity contribution in [2.75, 3.05) is 6.61 Å². The van der Waals surface area contributed by atoms with Gasteiger partial charge in [0, 0.05) is 6.61 Å². The minimum absolute atomic E-state index is 0.333. The summed E-state index contributed by atoms with van der Waals surface area (Å²) in [6.07, 6.45) is 0.942. The van der Waals surface area contributed by atoms with Gasteiger partial charge in [0.15, 0.2) is 0 Å². The van der Waals surface area contributed by atoms with E-state index in [-0.39, 0.29) is 0 Å². The van der Waals surface area contributed by atoms with Crippen LogP contribution in [-0.2, 0) is 0 Å². The first kappa shape index (κ1) is 7.96. The Hall–Kier alpha value is -0.0400. The van der Waals surface area contributed by atoms with Crippen LogP contribution >= 0.6 is 0 Å². The summed E-state index contributed by atoms with van der Waals surface area (Å²) in [5.74, 6) is 1.38. The molecule has 1 heteroatoms. The predicted octanol–water partition coefficient (Wildman–Crippen LogP) is 1.66. The van der Waals surface area contributed by atoms with Crippen molar-refractivity contribution in [1.29, 1.82) is 0 Å². The van der Waals surface area contributed by atoms with Gasteiger partial charge in [-0.15, -0.1) is 0 Å².